The van der Waals surface area contributed by atoms with Crippen molar-refractivity contribution in [1.82, 2.24) is 0 Å². The molecule has 0 aromatic heterocycles. The molecule has 0 amide bonds. The van der Waals surface area contributed by atoms with Crippen LogP contribution >= 0.6 is 0 Å². The van der Waals surface area contributed by atoms with Gasteiger partial charge in [0.1, 0.15) is 0 Å². The molecule has 0 spiro atoms. The van der Waals surface area contributed by atoms with Crippen molar-refractivity contribution in [2.24, 2.45) is 0 Å². The van der Waals surface area contributed by atoms with Crippen LogP contribution in [0.2, 0.25) is 0 Å². The molecule has 3 rings (SSSR count). The van der Waals surface area contributed by atoms with E-state index in [1.807, 2.05) is 6.92 Å². The molecule has 0 bridgehead atoms. The molecule has 2 aromatic carbocycles. The Hall–Kier alpha value is -2.29. The number of rotatable bonds is 5. The fourth-order valence-electron chi connectivity index (χ4n) is 3.40. The summed E-state index contributed by atoms with van der Waals surface area (Å²) >= 11 is 0. The molecular weight excluding hydrogens is 286 g/mol. The molecular formula is C20H23NO2. The van der Waals surface area contributed by atoms with Gasteiger partial charge < -0.3 is 10.0 Å². The van der Waals surface area contributed by atoms with Gasteiger partial charge in [-0.25, -0.2) is 0 Å². The summed E-state index contributed by atoms with van der Waals surface area (Å²) in [5.74, 6) is -0.640. The Kier molecular flexibility index (Phi) is 4.37. The maximum Gasteiger partial charge on any atom is 0.303 e. The zero-order valence-electron chi connectivity index (χ0n) is 13.7. The van der Waals surface area contributed by atoms with Crippen LogP contribution in [0.25, 0.3) is 11.1 Å². The number of anilines is 1. The second-order valence-corrected chi connectivity index (χ2v) is 6.34. The molecule has 2 aromatic rings. The van der Waals surface area contributed by atoms with Gasteiger partial charge in [0.25, 0.3) is 0 Å². The predicted molar refractivity (Wildman–Crippen MR) is 94.1 cm³/mol. The number of hydrogen-bond donors (Lipinski definition) is 1. The first-order valence-electron chi connectivity index (χ1n) is 8.24. The molecule has 1 unspecified atom stereocenters. The Labute approximate surface area is 137 Å². The van der Waals surface area contributed by atoms with Gasteiger partial charge in [0, 0.05) is 19.3 Å². The number of benzene rings is 2. The molecule has 0 radical (unpaired) electrons. The van der Waals surface area contributed by atoms with E-state index in [2.05, 4.69) is 54.4 Å². The van der Waals surface area contributed by atoms with Crippen LogP contribution < -0.4 is 4.90 Å². The molecule has 3 nitrogen and oxygen atoms in total. The molecule has 23 heavy (non-hydrogen) atoms. The molecule has 0 saturated carbocycles. The highest BCUT2D eigenvalue weighted by Crippen LogP contribution is 2.32. The zero-order chi connectivity index (χ0) is 16.4. The minimum absolute atomic E-state index is 0.0928. The van der Waals surface area contributed by atoms with Crippen molar-refractivity contribution >= 4 is 11.7 Å². The quantitative estimate of drug-likeness (QED) is 0.894. The van der Waals surface area contributed by atoms with Gasteiger partial charge in [-0.2, -0.15) is 0 Å². The Balaban J connectivity index is 1.83. The first kappa shape index (κ1) is 15.6. The normalized spacial score (nSPS) is 14.6. The van der Waals surface area contributed by atoms with E-state index in [1.165, 1.54) is 22.4 Å². The van der Waals surface area contributed by atoms with Crippen LogP contribution in [0.5, 0.6) is 0 Å². The Morgan fingerprint density at radius 2 is 1.87 bits per heavy atom. The van der Waals surface area contributed by atoms with Crippen LogP contribution in [0.4, 0.5) is 5.69 Å². The summed E-state index contributed by atoms with van der Waals surface area (Å²) in [6.07, 6.45) is 2.14. The van der Waals surface area contributed by atoms with E-state index >= 15 is 0 Å². The summed E-state index contributed by atoms with van der Waals surface area (Å²) in [4.78, 5) is 13.3. The van der Waals surface area contributed by atoms with Crippen LogP contribution in [0, 0.1) is 0 Å². The summed E-state index contributed by atoms with van der Waals surface area (Å²) in [6.45, 7) is 3.13. The minimum Gasteiger partial charge on any atom is -0.481 e. The number of carbonyl (C=O) groups is 1. The summed E-state index contributed by atoms with van der Waals surface area (Å²) in [6, 6.07) is 15.0. The lowest BCUT2D eigenvalue weighted by Crippen LogP contribution is -2.12. The van der Waals surface area contributed by atoms with Gasteiger partial charge in [-0.05, 0) is 53.1 Å². The number of likely N-dealkylation sites (N-methyl/N-ethyl adjacent to an activating group) is 1. The maximum atomic E-state index is 11.0. The summed E-state index contributed by atoms with van der Waals surface area (Å²) < 4.78 is 0. The summed E-state index contributed by atoms with van der Waals surface area (Å²) in [7, 11) is 2.13. The molecule has 0 saturated heterocycles. The number of hydrogen-bond acceptors (Lipinski definition) is 2. The molecule has 0 fully saturated rings. The van der Waals surface area contributed by atoms with Crippen molar-refractivity contribution in [2.75, 3.05) is 18.5 Å². The highest BCUT2D eigenvalue weighted by atomic mass is 16.4. The third kappa shape index (κ3) is 3.24. The van der Waals surface area contributed by atoms with Gasteiger partial charge >= 0.3 is 5.97 Å². The van der Waals surface area contributed by atoms with Gasteiger partial charge in [0.05, 0.1) is 6.42 Å². The lowest BCUT2D eigenvalue weighted by molar-refractivity contribution is -0.137. The van der Waals surface area contributed by atoms with Crippen LogP contribution in [0.1, 0.15) is 36.8 Å². The van der Waals surface area contributed by atoms with Gasteiger partial charge in [0.2, 0.25) is 0 Å². The summed E-state index contributed by atoms with van der Waals surface area (Å²) in [5, 5.41) is 9.02. The van der Waals surface area contributed by atoms with E-state index in [9.17, 15) is 4.79 Å². The number of aliphatic carboxylic acids is 1. The Bertz CT molecular complexity index is 706. The molecule has 0 aliphatic carbocycles. The van der Waals surface area contributed by atoms with E-state index in [-0.39, 0.29) is 12.3 Å². The van der Waals surface area contributed by atoms with Crippen molar-refractivity contribution < 1.29 is 9.90 Å². The minimum atomic E-state index is -0.733. The monoisotopic (exact) mass is 309 g/mol. The lowest BCUT2D eigenvalue weighted by Gasteiger charge is -2.14. The first-order chi connectivity index (χ1) is 11.1. The predicted octanol–water partition coefficient (Wildman–Crippen LogP) is 4.31. The SMILES string of the molecule is CCC(CC(=O)O)c1ccc(-c2ccc3c(c2)CCN3C)cc1. The lowest BCUT2D eigenvalue weighted by atomic mass is 9.91. The Morgan fingerprint density at radius 3 is 2.52 bits per heavy atom. The van der Waals surface area contributed by atoms with E-state index in [0.29, 0.717) is 0 Å². The number of carboxylic acid groups (broad SMARTS) is 1. The molecule has 1 atom stereocenters. The van der Waals surface area contributed by atoms with Crippen molar-refractivity contribution in [3.8, 4) is 11.1 Å². The van der Waals surface area contributed by atoms with E-state index in [1.54, 1.807) is 0 Å². The van der Waals surface area contributed by atoms with E-state index in [0.717, 1.165) is 24.9 Å². The van der Waals surface area contributed by atoms with Gasteiger partial charge in [-0.1, -0.05) is 37.3 Å². The van der Waals surface area contributed by atoms with Crippen molar-refractivity contribution in [2.45, 2.75) is 32.1 Å². The van der Waals surface area contributed by atoms with Crippen molar-refractivity contribution in [1.29, 1.82) is 0 Å². The molecule has 3 heteroatoms. The van der Waals surface area contributed by atoms with E-state index in [4.69, 9.17) is 5.11 Å². The van der Waals surface area contributed by atoms with E-state index < -0.39 is 5.97 Å². The number of carboxylic acids is 1. The molecule has 1 aliphatic rings. The van der Waals surface area contributed by atoms with Crippen LogP contribution in [-0.2, 0) is 11.2 Å². The molecule has 1 N–H and O–H groups in total. The van der Waals surface area contributed by atoms with Gasteiger partial charge in [0.15, 0.2) is 0 Å². The second kappa shape index (κ2) is 6.45. The fraction of sp³-hybridized carbons (Fsp3) is 0.350. The molecule has 120 valence electrons. The zero-order valence-corrected chi connectivity index (χ0v) is 13.7. The van der Waals surface area contributed by atoms with Crippen LogP contribution in [0.15, 0.2) is 42.5 Å². The van der Waals surface area contributed by atoms with Crippen molar-refractivity contribution in [3.63, 3.8) is 0 Å². The third-order valence-corrected chi connectivity index (χ3v) is 4.84. The fourth-order valence-corrected chi connectivity index (χ4v) is 3.40. The number of nitrogens with zero attached hydrogens (tertiary/aromatic N) is 1. The second-order valence-electron chi connectivity index (χ2n) is 6.34. The average Bonchev–Trinajstić information content (AvgIpc) is 2.93. The standard InChI is InChI=1S/C20H23NO2/c1-3-14(13-20(22)23)15-4-6-16(7-5-15)17-8-9-19-18(12-17)10-11-21(19)2/h4-9,12,14H,3,10-11,13H2,1-2H3,(H,22,23). The molecule has 1 aliphatic heterocycles. The van der Waals surface area contributed by atoms with Gasteiger partial charge in [-0.15, -0.1) is 0 Å². The first-order valence-corrected chi connectivity index (χ1v) is 8.24. The highest BCUT2D eigenvalue weighted by molar-refractivity contribution is 5.71. The highest BCUT2D eigenvalue weighted by Gasteiger charge is 2.16. The average molecular weight is 309 g/mol. The van der Waals surface area contributed by atoms with Crippen molar-refractivity contribution in [3.05, 3.63) is 53.6 Å². The largest absolute Gasteiger partial charge is 0.481 e. The Morgan fingerprint density at radius 1 is 1.17 bits per heavy atom. The maximum absolute atomic E-state index is 11.0. The third-order valence-electron chi connectivity index (χ3n) is 4.84. The number of fused-ring (bicyclic) bond motifs is 1. The topological polar surface area (TPSA) is 40.5 Å². The molecule has 1 heterocycles. The summed E-state index contributed by atoms with van der Waals surface area (Å²) in [5.41, 5.74) is 6.27. The van der Waals surface area contributed by atoms with Crippen LogP contribution in [0.3, 0.4) is 0 Å². The van der Waals surface area contributed by atoms with Gasteiger partial charge in [-0.3, -0.25) is 4.79 Å². The van der Waals surface area contributed by atoms with Crippen LogP contribution in [-0.4, -0.2) is 24.7 Å². The smallest absolute Gasteiger partial charge is 0.303 e.